The minimum Gasteiger partial charge on any atom is -0.349 e. The van der Waals surface area contributed by atoms with Gasteiger partial charge >= 0.3 is 0 Å². The lowest BCUT2D eigenvalue weighted by molar-refractivity contribution is -0.116. The van der Waals surface area contributed by atoms with Gasteiger partial charge in [0.25, 0.3) is 11.7 Å². The van der Waals surface area contributed by atoms with Crippen LogP contribution < -0.4 is 5.32 Å². The van der Waals surface area contributed by atoms with Crippen molar-refractivity contribution in [3.8, 4) is 0 Å². The first kappa shape index (κ1) is 16.4. The normalized spacial score (nSPS) is 10.4. The zero-order valence-corrected chi connectivity index (χ0v) is 13.6. The van der Waals surface area contributed by atoms with Gasteiger partial charge in [-0.1, -0.05) is 39.0 Å². The zero-order valence-electron chi connectivity index (χ0n) is 11.2. The summed E-state index contributed by atoms with van der Waals surface area (Å²) in [5, 5.41) is 2.68. The number of halogens is 1. The number of carbonyl (C=O) groups excluding carboxylic acids is 2. The van der Waals surface area contributed by atoms with Crippen molar-refractivity contribution in [2.75, 3.05) is 6.54 Å². The van der Waals surface area contributed by atoms with Crippen LogP contribution >= 0.6 is 27.3 Å². The Kier molecular flexibility index (Phi) is 7.98. The Bertz CT molecular complexity index is 417. The molecule has 0 atom stereocenters. The average Bonchev–Trinajstić information content (AvgIpc) is 2.83. The van der Waals surface area contributed by atoms with Gasteiger partial charge < -0.3 is 5.32 Å². The number of nitrogens with one attached hydrogen (secondary N) is 1. The predicted octanol–water partition coefficient (Wildman–Crippen LogP) is 4.17. The molecular weight excluding hydrogens is 326 g/mol. The fourth-order valence-electron chi connectivity index (χ4n) is 1.74. The summed E-state index contributed by atoms with van der Waals surface area (Å²) >= 11 is 4.56. The average molecular weight is 346 g/mol. The molecule has 1 N–H and O–H groups in total. The van der Waals surface area contributed by atoms with Gasteiger partial charge in [0.05, 0.1) is 8.66 Å². The Hall–Kier alpha value is -0.680. The van der Waals surface area contributed by atoms with Crippen LogP contribution in [0.3, 0.4) is 0 Å². The Morgan fingerprint density at radius 1 is 1.16 bits per heavy atom. The summed E-state index contributed by atoms with van der Waals surface area (Å²) in [6, 6.07) is 3.44. The van der Waals surface area contributed by atoms with Crippen LogP contribution in [0, 0.1) is 0 Å². The molecule has 1 aromatic rings. The highest BCUT2D eigenvalue weighted by molar-refractivity contribution is 9.11. The van der Waals surface area contributed by atoms with Crippen LogP contribution in [0.15, 0.2) is 15.9 Å². The molecule has 5 heteroatoms. The summed E-state index contributed by atoms with van der Waals surface area (Å²) in [5.41, 5.74) is 0. The molecule has 0 saturated carbocycles. The summed E-state index contributed by atoms with van der Waals surface area (Å²) in [6.07, 6.45) is 7.03. The SMILES string of the molecule is CCCCCCCCNC(=O)C(=O)c1ccc(Br)s1. The fourth-order valence-corrected chi connectivity index (χ4v) is 3.06. The van der Waals surface area contributed by atoms with Gasteiger partial charge in [0.15, 0.2) is 0 Å². The molecule has 0 unspecified atom stereocenters. The van der Waals surface area contributed by atoms with Gasteiger partial charge in [0, 0.05) is 6.54 Å². The maximum absolute atomic E-state index is 11.7. The third-order valence-electron chi connectivity index (χ3n) is 2.82. The first-order chi connectivity index (χ1) is 9.15. The number of ketones is 1. The second-order valence-corrected chi connectivity index (χ2v) is 6.92. The van der Waals surface area contributed by atoms with Crippen LogP contribution in [-0.2, 0) is 4.79 Å². The van der Waals surface area contributed by atoms with Crippen molar-refractivity contribution in [2.24, 2.45) is 0 Å². The summed E-state index contributed by atoms with van der Waals surface area (Å²) in [4.78, 5) is 23.8. The molecule has 0 spiro atoms. The third-order valence-corrected chi connectivity index (χ3v) is 4.44. The molecule has 1 heterocycles. The van der Waals surface area contributed by atoms with Crippen LogP contribution in [0.1, 0.15) is 55.1 Å². The van der Waals surface area contributed by atoms with E-state index in [-0.39, 0.29) is 0 Å². The van der Waals surface area contributed by atoms with Crippen molar-refractivity contribution in [2.45, 2.75) is 45.4 Å². The van der Waals surface area contributed by atoms with Crippen LogP contribution in [0.25, 0.3) is 0 Å². The van der Waals surface area contributed by atoms with E-state index < -0.39 is 11.7 Å². The van der Waals surface area contributed by atoms with Crippen molar-refractivity contribution in [1.82, 2.24) is 5.32 Å². The van der Waals surface area contributed by atoms with Gasteiger partial charge in [-0.05, 0) is 34.5 Å². The molecule has 3 nitrogen and oxygen atoms in total. The number of rotatable bonds is 9. The van der Waals surface area contributed by atoms with E-state index >= 15 is 0 Å². The molecule has 1 rings (SSSR count). The van der Waals surface area contributed by atoms with Crippen LogP contribution in [0.4, 0.5) is 0 Å². The Morgan fingerprint density at radius 3 is 2.47 bits per heavy atom. The smallest absolute Gasteiger partial charge is 0.293 e. The van der Waals surface area contributed by atoms with Crippen LogP contribution in [0.2, 0.25) is 0 Å². The van der Waals surface area contributed by atoms with Gasteiger partial charge in [0.2, 0.25) is 0 Å². The van der Waals surface area contributed by atoms with Crippen LogP contribution in [0.5, 0.6) is 0 Å². The van der Waals surface area contributed by atoms with Gasteiger partial charge in [-0.25, -0.2) is 0 Å². The molecule has 0 fully saturated rings. The fraction of sp³-hybridized carbons (Fsp3) is 0.571. The van der Waals surface area contributed by atoms with Crippen molar-refractivity contribution >= 4 is 39.0 Å². The van der Waals surface area contributed by atoms with E-state index in [0.29, 0.717) is 11.4 Å². The molecule has 0 aliphatic rings. The highest BCUT2D eigenvalue weighted by Gasteiger charge is 2.17. The van der Waals surface area contributed by atoms with Gasteiger partial charge in [-0.3, -0.25) is 9.59 Å². The lowest BCUT2D eigenvalue weighted by Crippen LogP contribution is -2.31. The van der Waals surface area contributed by atoms with E-state index in [4.69, 9.17) is 0 Å². The van der Waals surface area contributed by atoms with Gasteiger partial charge in [-0.2, -0.15) is 0 Å². The van der Waals surface area contributed by atoms with E-state index in [2.05, 4.69) is 28.2 Å². The highest BCUT2D eigenvalue weighted by Crippen LogP contribution is 2.22. The third kappa shape index (κ3) is 6.34. The standard InChI is InChI=1S/C14H20BrNO2S/c1-2-3-4-5-6-7-10-16-14(18)13(17)11-8-9-12(15)19-11/h8-9H,2-7,10H2,1H3,(H,16,18). The number of Topliss-reactive ketones (excluding diaryl/α,β-unsaturated/α-hetero) is 1. The molecule has 0 bridgehead atoms. The summed E-state index contributed by atoms with van der Waals surface area (Å²) < 4.78 is 0.861. The van der Waals surface area contributed by atoms with E-state index in [9.17, 15) is 9.59 Å². The summed E-state index contributed by atoms with van der Waals surface area (Å²) in [5.74, 6) is -0.940. The largest absolute Gasteiger partial charge is 0.349 e. The molecular formula is C14H20BrNO2S. The number of thiophene rings is 1. The lowest BCUT2D eigenvalue weighted by atomic mass is 10.1. The van der Waals surface area contributed by atoms with Gasteiger partial charge in [-0.15, -0.1) is 11.3 Å². The van der Waals surface area contributed by atoms with Crippen molar-refractivity contribution in [3.63, 3.8) is 0 Å². The quantitative estimate of drug-likeness (QED) is 0.414. The van der Waals surface area contributed by atoms with Crippen molar-refractivity contribution < 1.29 is 9.59 Å². The Balaban J connectivity index is 2.16. The molecule has 0 aromatic carbocycles. The first-order valence-corrected chi connectivity index (χ1v) is 8.34. The minimum atomic E-state index is -0.497. The number of amides is 1. The second-order valence-electron chi connectivity index (χ2n) is 4.46. The van der Waals surface area contributed by atoms with Crippen molar-refractivity contribution in [3.05, 3.63) is 20.8 Å². The topological polar surface area (TPSA) is 46.2 Å². The molecule has 106 valence electrons. The lowest BCUT2D eigenvalue weighted by Gasteiger charge is -2.03. The Morgan fingerprint density at radius 2 is 1.84 bits per heavy atom. The molecule has 0 radical (unpaired) electrons. The van der Waals surface area contributed by atoms with E-state index in [1.807, 2.05) is 0 Å². The monoisotopic (exact) mass is 345 g/mol. The molecule has 0 saturated heterocycles. The predicted molar refractivity (Wildman–Crippen MR) is 82.7 cm³/mol. The number of carbonyl (C=O) groups is 2. The first-order valence-electron chi connectivity index (χ1n) is 6.73. The molecule has 19 heavy (non-hydrogen) atoms. The summed E-state index contributed by atoms with van der Waals surface area (Å²) in [6.45, 7) is 2.78. The molecule has 0 aliphatic heterocycles. The number of hydrogen-bond donors (Lipinski definition) is 1. The molecule has 1 aromatic heterocycles. The maximum atomic E-state index is 11.7. The Labute approximate surface area is 126 Å². The number of unbranched alkanes of at least 4 members (excludes halogenated alkanes) is 5. The number of hydrogen-bond acceptors (Lipinski definition) is 3. The summed E-state index contributed by atoms with van der Waals surface area (Å²) in [7, 11) is 0. The van der Waals surface area contributed by atoms with E-state index in [1.165, 1.54) is 37.0 Å². The zero-order chi connectivity index (χ0) is 14.1. The highest BCUT2D eigenvalue weighted by atomic mass is 79.9. The molecule has 1 amide bonds. The van der Waals surface area contributed by atoms with E-state index in [1.54, 1.807) is 12.1 Å². The molecule has 0 aliphatic carbocycles. The minimum absolute atomic E-state index is 0.443. The maximum Gasteiger partial charge on any atom is 0.293 e. The second kappa shape index (κ2) is 9.26. The van der Waals surface area contributed by atoms with Crippen LogP contribution in [-0.4, -0.2) is 18.2 Å². The van der Waals surface area contributed by atoms with Gasteiger partial charge in [0.1, 0.15) is 0 Å². The van der Waals surface area contributed by atoms with Crippen molar-refractivity contribution in [1.29, 1.82) is 0 Å². The van der Waals surface area contributed by atoms with E-state index in [0.717, 1.165) is 16.6 Å².